The highest BCUT2D eigenvalue weighted by molar-refractivity contribution is 5.76. The molecule has 0 aliphatic heterocycles. The van der Waals surface area contributed by atoms with Crippen LogP contribution in [0.5, 0.6) is 0 Å². The maximum atomic E-state index is 11.9. The van der Waals surface area contributed by atoms with Crippen molar-refractivity contribution in [2.45, 2.75) is 46.1 Å². The molecule has 120 valence electrons. The average molecular weight is 305 g/mol. The van der Waals surface area contributed by atoms with Crippen LogP contribution in [0.15, 0.2) is 27.0 Å². The predicted octanol–water partition coefficient (Wildman–Crippen LogP) is 2.75. The Balaban J connectivity index is 1.86. The van der Waals surface area contributed by atoms with Gasteiger partial charge in [0, 0.05) is 18.4 Å². The lowest BCUT2D eigenvalue weighted by Gasteiger charge is -2.23. The Bertz CT molecular complexity index is 651. The molecule has 0 radical (unpaired) electrons. The molecule has 0 spiro atoms. The number of furan rings is 2. The summed E-state index contributed by atoms with van der Waals surface area (Å²) in [6, 6.07) is 5.55. The van der Waals surface area contributed by atoms with E-state index in [2.05, 4.69) is 5.32 Å². The van der Waals surface area contributed by atoms with Gasteiger partial charge in [-0.2, -0.15) is 0 Å². The summed E-state index contributed by atoms with van der Waals surface area (Å²) in [6.45, 7) is 7.31. The second-order valence-electron chi connectivity index (χ2n) is 5.89. The van der Waals surface area contributed by atoms with Crippen molar-refractivity contribution in [1.29, 1.82) is 0 Å². The van der Waals surface area contributed by atoms with E-state index in [9.17, 15) is 9.90 Å². The van der Waals surface area contributed by atoms with E-state index in [4.69, 9.17) is 8.83 Å². The summed E-state index contributed by atoms with van der Waals surface area (Å²) in [6.07, 6.45) is 0.873. The molecule has 0 aromatic carbocycles. The summed E-state index contributed by atoms with van der Waals surface area (Å²) >= 11 is 0. The number of amides is 1. The van der Waals surface area contributed by atoms with Gasteiger partial charge >= 0.3 is 0 Å². The first kappa shape index (κ1) is 16.4. The smallest absolute Gasteiger partial charge is 0.220 e. The predicted molar refractivity (Wildman–Crippen MR) is 82.5 cm³/mol. The van der Waals surface area contributed by atoms with Gasteiger partial charge in [0.05, 0.1) is 6.54 Å². The third-order valence-corrected chi connectivity index (χ3v) is 3.65. The van der Waals surface area contributed by atoms with Gasteiger partial charge in [-0.1, -0.05) is 0 Å². The summed E-state index contributed by atoms with van der Waals surface area (Å²) < 4.78 is 10.9. The van der Waals surface area contributed by atoms with E-state index in [1.807, 2.05) is 26.0 Å². The maximum Gasteiger partial charge on any atom is 0.220 e. The van der Waals surface area contributed by atoms with E-state index in [0.717, 1.165) is 17.3 Å². The van der Waals surface area contributed by atoms with Crippen LogP contribution in [0.2, 0.25) is 0 Å². The molecule has 1 amide bonds. The Morgan fingerprint density at radius 1 is 1.23 bits per heavy atom. The van der Waals surface area contributed by atoms with Crippen LogP contribution < -0.4 is 5.32 Å². The molecule has 0 saturated carbocycles. The summed E-state index contributed by atoms with van der Waals surface area (Å²) in [7, 11) is 0. The van der Waals surface area contributed by atoms with Crippen LogP contribution in [0.4, 0.5) is 0 Å². The first-order valence-corrected chi connectivity index (χ1v) is 7.40. The lowest BCUT2D eigenvalue weighted by Crippen LogP contribution is -2.38. The lowest BCUT2D eigenvalue weighted by atomic mass is 9.96. The fraction of sp³-hybridized carbons (Fsp3) is 0.471. The van der Waals surface area contributed by atoms with Crippen molar-refractivity contribution in [3.63, 3.8) is 0 Å². The van der Waals surface area contributed by atoms with Crippen LogP contribution in [-0.2, 0) is 16.8 Å². The lowest BCUT2D eigenvalue weighted by molar-refractivity contribution is -0.122. The Labute approximate surface area is 130 Å². The Kier molecular flexibility index (Phi) is 4.76. The zero-order chi connectivity index (χ0) is 16.3. The van der Waals surface area contributed by atoms with Crippen molar-refractivity contribution < 1.29 is 18.7 Å². The summed E-state index contributed by atoms with van der Waals surface area (Å²) in [5.74, 6) is 2.92. The number of aliphatic hydroxyl groups is 1. The molecule has 1 atom stereocenters. The van der Waals surface area contributed by atoms with Gasteiger partial charge in [-0.25, -0.2) is 0 Å². The minimum absolute atomic E-state index is 0.118. The maximum absolute atomic E-state index is 11.9. The molecular weight excluding hydrogens is 282 g/mol. The molecule has 22 heavy (non-hydrogen) atoms. The standard InChI is InChI=1S/C17H23NO4/c1-11-5-6-14(22-11)7-8-16(19)18-10-17(4,20)15-9-12(2)21-13(15)3/h5-6,9,20H,7-8,10H2,1-4H3,(H,18,19). The molecule has 0 saturated heterocycles. The quantitative estimate of drug-likeness (QED) is 0.860. The molecule has 0 bridgehead atoms. The highest BCUT2D eigenvalue weighted by atomic mass is 16.3. The average Bonchev–Trinajstić information content (AvgIpc) is 3.00. The number of nitrogens with one attached hydrogen (secondary N) is 1. The summed E-state index contributed by atoms with van der Waals surface area (Å²) in [5.41, 5.74) is -0.453. The van der Waals surface area contributed by atoms with Crippen LogP contribution in [0.3, 0.4) is 0 Å². The molecule has 2 aromatic rings. The van der Waals surface area contributed by atoms with Gasteiger partial charge in [0.25, 0.3) is 0 Å². The molecule has 0 fully saturated rings. The van der Waals surface area contributed by atoms with Gasteiger partial charge < -0.3 is 19.3 Å². The molecule has 2 N–H and O–H groups in total. The molecule has 1 unspecified atom stereocenters. The molecule has 5 nitrogen and oxygen atoms in total. The second kappa shape index (κ2) is 6.40. The first-order valence-electron chi connectivity index (χ1n) is 7.40. The Hall–Kier alpha value is -2.01. The molecule has 0 aliphatic carbocycles. The fourth-order valence-corrected chi connectivity index (χ4v) is 2.48. The topological polar surface area (TPSA) is 75.6 Å². The van der Waals surface area contributed by atoms with Crippen LogP contribution >= 0.6 is 0 Å². The number of hydrogen-bond donors (Lipinski definition) is 2. The number of hydrogen-bond acceptors (Lipinski definition) is 4. The van der Waals surface area contributed by atoms with Gasteiger partial charge in [0.2, 0.25) is 5.91 Å². The molecule has 2 rings (SSSR count). The van der Waals surface area contributed by atoms with E-state index in [1.54, 1.807) is 19.9 Å². The van der Waals surface area contributed by atoms with Crippen LogP contribution in [0.25, 0.3) is 0 Å². The van der Waals surface area contributed by atoms with Gasteiger partial charge in [-0.15, -0.1) is 0 Å². The highest BCUT2D eigenvalue weighted by Gasteiger charge is 2.28. The first-order chi connectivity index (χ1) is 10.3. The summed E-state index contributed by atoms with van der Waals surface area (Å²) in [4.78, 5) is 11.9. The van der Waals surface area contributed by atoms with Crippen molar-refractivity contribution in [3.8, 4) is 0 Å². The number of carbonyl (C=O) groups excluding carboxylic acids is 1. The Morgan fingerprint density at radius 3 is 2.50 bits per heavy atom. The van der Waals surface area contributed by atoms with Crippen LogP contribution in [0.1, 0.15) is 41.9 Å². The van der Waals surface area contributed by atoms with Gasteiger partial charge in [-0.05, 0) is 45.9 Å². The Morgan fingerprint density at radius 2 is 1.95 bits per heavy atom. The van der Waals surface area contributed by atoms with Gasteiger partial charge in [0.15, 0.2) is 0 Å². The van der Waals surface area contributed by atoms with E-state index in [-0.39, 0.29) is 12.5 Å². The van der Waals surface area contributed by atoms with Gasteiger partial charge in [-0.3, -0.25) is 4.79 Å². The van der Waals surface area contributed by atoms with E-state index in [0.29, 0.717) is 24.2 Å². The van der Waals surface area contributed by atoms with E-state index >= 15 is 0 Å². The van der Waals surface area contributed by atoms with Crippen molar-refractivity contribution in [1.82, 2.24) is 5.32 Å². The third-order valence-electron chi connectivity index (χ3n) is 3.65. The molecule has 5 heteroatoms. The van der Waals surface area contributed by atoms with Crippen molar-refractivity contribution in [3.05, 3.63) is 46.8 Å². The molecule has 0 aliphatic rings. The number of aryl methyl sites for hydroxylation is 4. The minimum Gasteiger partial charge on any atom is -0.466 e. The van der Waals surface area contributed by atoms with Crippen molar-refractivity contribution >= 4 is 5.91 Å². The van der Waals surface area contributed by atoms with E-state index < -0.39 is 5.60 Å². The van der Waals surface area contributed by atoms with Crippen molar-refractivity contribution in [2.75, 3.05) is 6.54 Å². The van der Waals surface area contributed by atoms with Crippen molar-refractivity contribution in [2.24, 2.45) is 0 Å². The van der Waals surface area contributed by atoms with Gasteiger partial charge in [0.1, 0.15) is 28.6 Å². The summed E-state index contributed by atoms with van der Waals surface area (Å²) in [5, 5.41) is 13.3. The monoisotopic (exact) mass is 305 g/mol. The third kappa shape index (κ3) is 4.01. The number of carbonyl (C=O) groups is 1. The van der Waals surface area contributed by atoms with Crippen LogP contribution in [0, 0.1) is 20.8 Å². The molecule has 2 heterocycles. The zero-order valence-electron chi connectivity index (χ0n) is 13.5. The SMILES string of the molecule is Cc1ccc(CCC(=O)NCC(C)(O)c2cc(C)oc2C)o1. The highest BCUT2D eigenvalue weighted by Crippen LogP contribution is 2.26. The zero-order valence-corrected chi connectivity index (χ0v) is 13.5. The largest absolute Gasteiger partial charge is 0.466 e. The fourth-order valence-electron chi connectivity index (χ4n) is 2.48. The van der Waals surface area contributed by atoms with Crippen LogP contribution in [-0.4, -0.2) is 17.6 Å². The number of rotatable bonds is 6. The normalized spacial score (nSPS) is 13.9. The molecule has 2 aromatic heterocycles. The van der Waals surface area contributed by atoms with E-state index in [1.165, 1.54) is 0 Å². The second-order valence-corrected chi connectivity index (χ2v) is 5.89. The molecular formula is C17H23NO4. The minimum atomic E-state index is -1.15.